The molecule has 0 unspecified atom stereocenters. The Hall–Kier alpha value is -1.46. The zero-order valence-electron chi connectivity index (χ0n) is 10.7. The molecule has 2 rings (SSSR count). The van der Waals surface area contributed by atoms with E-state index in [1.54, 1.807) is 0 Å². The van der Waals surface area contributed by atoms with Crippen LogP contribution in [0, 0.1) is 0 Å². The Labute approximate surface area is 145 Å². The van der Waals surface area contributed by atoms with Crippen LogP contribution in [0.1, 0.15) is 20.7 Å². The smallest absolute Gasteiger partial charge is 0.335 e. The van der Waals surface area contributed by atoms with Gasteiger partial charge in [0.2, 0.25) is 0 Å². The number of rotatable bonds is 2. The van der Waals surface area contributed by atoms with Gasteiger partial charge in [0.25, 0.3) is 0 Å². The van der Waals surface area contributed by atoms with Crippen molar-refractivity contribution >= 4 is 58.3 Å². The molecule has 0 aliphatic heterocycles. The minimum absolute atomic E-state index is 0.0995. The molecule has 0 heterocycles. The minimum Gasteiger partial charge on any atom is -0.478 e. The maximum absolute atomic E-state index is 10.4. The van der Waals surface area contributed by atoms with Gasteiger partial charge >= 0.3 is 11.9 Å². The summed E-state index contributed by atoms with van der Waals surface area (Å²) in [5.74, 6) is -2.07. The summed E-state index contributed by atoms with van der Waals surface area (Å²) >= 11 is 22.2. The second-order valence-electron chi connectivity index (χ2n) is 3.93. The van der Waals surface area contributed by atoms with Crippen molar-refractivity contribution in [2.45, 2.75) is 0 Å². The average molecular weight is 382 g/mol. The van der Waals surface area contributed by atoms with Crippen molar-refractivity contribution in [2.24, 2.45) is 0 Å². The molecule has 0 bridgehead atoms. The highest BCUT2D eigenvalue weighted by atomic mass is 35.5. The molecule has 0 atom stereocenters. The van der Waals surface area contributed by atoms with Crippen LogP contribution < -0.4 is 0 Å². The molecule has 0 aliphatic carbocycles. The zero-order valence-corrected chi connectivity index (χ0v) is 13.7. The molecule has 2 aromatic rings. The Kier molecular flexibility index (Phi) is 6.97. The van der Waals surface area contributed by atoms with E-state index in [-0.39, 0.29) is 11.1 Å². The van der Waals surface area contributed by atoms with Gasteiger partial charge in [0.15, 0.2) is 0 Å². The molecule has 0 aromatic heterocycles. The predicted octanol–water partition coefficient (Wildman–Crippen LogP) is 5.38. The topological polar surface area (TPSA) is 74.6 Å². The van der Waals surface area contributed by atoms with E-state index < -0.39 is 11.9 Å². The van der Waals surface area contributed by atoms with Crippen LogP contribution in [-0.4, -0.2) is 22.2 Å². The van der Waals surface area contributed by atoms with Gasteiger partial charge in [-0.1, -0.05) is 46.4 Å². The van der Waals surface area contributed by atoms with Gasteiger partial charge in [-0.15, -0.1) is 0 Å². The van der Waals surface area contributed by atoms with E-state index in [0.29, 0.717) is 20.1 Å². The normalized spacial score (nSPS) is 9.64. The monoisotopic (exact) mass is 380 g/mol. The molecule has 8 heteroatoms. The van der Waals surface area contributed by atoms with Crippen LogP contribution in [-0.2, 0) is 0 Å². The summed E-state index contributed by atoms with van der Waals surface area (Å²) in [6.45, 7) is 0. The summed E-state index contributed by atoms with van der Waals surface area (Å²) in [5, 5.41) is 18.3. The lowest BCUT2D eigenvalue weighted by Crippen LogP contribution is -1.95. The number of halogens is 4. The Morgan fingerprint density at radius 3 is 1.00 bits per heavy atom. The molecule has 0 saturated carbocycles. The lowest BCUT2D eigenvalue weighted by atomic mass is 10.2. The van der Waals surface area contributed by atoms with Crippen LogP contribution in [0.3, 0.4) is 0 Å². The van der Waals surface area contributed by atoms with Crippen LogP contribution >= 0.6 is 46.4 Å². The van der Waals surface area contributed by atoms with E-state index in [0.717, 1.165) is 0 Å². The fourth-order valence-electron chi connectivity index (χ4n) is 1.35. The lowest BCUT2D eigenvalue weighted by molar-refractivity contribution is 0.0686. The van der Waals surface area contributed by atoms with Gasteiger partial charge in [0.05, 0.1) is 11.1 Å². The third kappa shape index (κ3) is 6.12. The van der Waals surface area contributed by atoms with Gasteiger partial charge in [-0.2, -0.15) is 0 Å². The van der Waals surface area contributed by atoms with Gasteiger partial charge < -0.3 is 10.2 Å². The van der Waals surface area contributed by atoms with Crippen molar-refractivity contribution in [1.82, 2.24) is 0 Å². The maximum atomic E-state index is 10.4. The van der Waals surface area contributed by atoms with E-state index >= 15 is 0 Å². The Balaban J connectivity index is 0.000000220. The van der Waals surface area contributed by atoms with Crippen LogP contribution in [0.25, 0.3) is 0 Å². The summed E-state index contributed by atoms with van der Waals surface area (Å²) in [7, 11) is 0. The van der Waals surface area contributed by atoms with Gasteiger partial charge in [0.1, 0.15) is 0 Å². The molecular formula is C14H8Cl4O4. The van der Waals surface area contributed by atoms with Gasteiger partial charge in [-0.25, -0.2) is 9.59 Å². The summed E-state index contributed by atoms with van der Waals surface area (Å²) < 4.78 is 0. The fourth-order valence-corrected chi connectivity index (χ4v) is 2.41. The molecule has 0 radical (unpaired) electrons. The molecule has 4 nitrogen and oxygen atoms in total. The number of carbonyl (C=O) groups is 2. The van der Waals surface area contributed by atoms with Crippen molar-refractivity contribution in [3.8, 4) is 0 Å². The number of hydrogen-bond acceptors (Lipinski definition) is 2. The fraction of sp³-hybridized carbons (Fsp3) is 0. The second-order valence-corrected chi connectivity index (χ2v) is 5.67. The SMILES string of the molecule is O=C(O)c1cc(Cl)cc(Cl)c1.O=C(O)c1cc(Cl)cc(Cl)c1. The Bertz CT molecular complexity index is 614. The molecule has 22 heavy (non-hydrogen) atoms. The van der Waals surface area contributed by atoms with E-state index in [9.17, 15) is 9.59 Å². The first-order chi connectivity index (χ1) is 10.2. The number of carboxylic acids is 2. The van der Waals surface area contributed by atoms with Crippen molar-refractivity contribution in [1.29, 1.82) is 0 Å². The zero-order chi connectivity index (χ0) is 16.9. The molecule has 0 spiro atoms. The summed E-state index contributed by atoms with van der Waals surface area (Å²) in [5.41, 5.74) is 0.199. The number of benzene rings is 2. The van der Waals surface area contributed by atoms with Gasteiger partial charge in [-0.3, -0.25) is 0 Å². The second kappa shape index (κ2) is 8.25. The average Bonchev–Trinajstić information content (AvgIpc) is 2.37. The maximum Gasteiger partial charge on any atom is 0.335 e. The molecule has 0 fully saturated rings. The van der Waals surface area contributed by atoms with Crippen molar-refractivity contribution < 1.29 is 19.8 Å². The standard InChI is InChI=1S/2C7H4Cl2O2/c2*8-5-1-4(7(10)11)2-6(9)3-5/h2*1-3H,(H,10,11). The van der Waals surface area contributed by atoms with E-state index in [4.69, 9.17) is 56.6 Å². The highest BCUT2D eigenvalue weighted by Crippen LogP contribution is 2.19. The summed E-state index contributed by atoms with van der Waals surface area (Å²) in [4.78, 5) is 20.8. The lowest BCUT2D eigenvalue weighted by Gasteiger charge is -1.95. The molecule has 2 aromatic carbocycles. The van der Waals surface area contributed by atoms with Crippen molar-refractivity contribution in [3.05, 3.63) is 67.6 Å². The molecule has 0 amide bonds. The largest absolute Gasteiger partial charge is 0.478 e. The third-order valence-electron chi connectivity index (χ3n) is 2.22. The Morgan fingerprint density at radius 2 is 0.818 bits per heavy atom. The predicted molar refractivity (Wildman–Crippen MR) is 86.8 cm³/mol. The van der Waals surface area contributed by atoms with Gasteiger partial charge in [-0.05, 0) is 36.4 Å². The molecule has 116 valence electrons. The minimum atomic E-state index is -1.03. The molecule has 0 aliphatic rings. The highest BCUT2D eigenvalue weighted by molar-refractivity contribution is 6.35. The van der Waals surface area contributed by atoms with E-state index in [2.05, 4.69) is 0 Å². The first-order valence-electron chi connectivity index (χ1n) is 5.58. The molecule has 2 N–H and O–H groups in total. The van der Waals surface area contributed by atoms with Crippen molar-refractivity contribution in [2.75, 3.05) is 0 Å². The van der Waals surface area contributed by atoms with E-state index in [1.807, 2.05) is 0 Å². The Morgan fingerprint density at radius 1 is 0.591 bits per heavy atom. The number of hydrogen-bond donors (Lipinski definition) is 2. The van der Waals surface area contributed by atoms with Crippen LogP contribution in [0.2, 0.25) is 20.1 Å². The number of carboxylic acid groups (broad SMARTS) is 2. The first-order valence-corrected chi connectivity index (χ1v) is 7.09. The molecule has 0 saturated heterocycles. The summed E-state index contributed by atoms with van der Waals surface area (Å²) in [6, 6.07) is 8.34. The quantitative estimate of drug-likeness (QED) is 0.731. The van der Waals surface area contributed by atoms with Crippen molar-refractivity contribution in [3.63, 3.8) is 0 Å². The van der Waals surface area contributed by atoms with E-state index in [1.165, 1.54) is 36.4 Å². The molecular weight excluding hydrogens is 374 g/mol. The van der Waals surface area contributed by atoms with Crippen LogP contribution in [0.15, 0.2) is 36.4 Å². The highest BCUT2D eigenvalue weighted by Gasteiger charge is 2.04. The first kappa shape index (κ1) is 18.6. The van der Waals surface area contributed by atoms with Crippen LogP contribution in [0.4, 0.5) is 0 Å². The summed E-state index contributed by atoms with van der Waals surface area (Å²) in [6.07, 6.45) is 0. The third-order valence-corrected chi connectivity index (χ3v) is 3.09. The van der Waals surface area contributed by atoms with Gasteiger partial charge in [0, 0.05) is 20.1 Å². The number of aromatic carboxylic acids is 2. The van der Waals surface area contributed by atoms with Crippen LogP contribution in [0.5, 0.6) is 0 Å².